The number of carbonyl (C=O) groups is 1. The van der Waals surface area contributed by atoms with Gasteiger partial charge in [0.05, 0.1) is 0 Å². The summed E-state index contributed by atoms with van der Waals surface area (Å²) >= 11 is 3.61. The Morgan fingerprint density at radius 1 is 1.39 bits per heavy atom. The first kappa shape index (κ1) is 12.0. The molecule has 3 nitrogen and oxygen atoms in total. The Labute approximate surface area is 115 Å². The smallest absolute Gasteiger partial charge is 0.233 e. The number of nitrogens with zero attached hydrogens (tertiary/aromatic N) is 1. The van der Waals surface area contributed by atoms with Crippen LogP contribution in [0.2, 0.25) is 0 Å². The Morgan fingerprint density at radius 3 is 3.06 bits per heavy atom. The molecule has 4 heteroatoms. The minimum Gasteiger partial charge on any atom is -0.492 e. The zero-order valence-corrected chi connectivity index (χ0v) is 11.7. The molecular weight excluding hydrogens is 294 g/mol. The van der Waals surface area contributed by atoms with Crippen molar-refractivity contribution in [3.8, 4) is 5.75 Å². The van der Waals surface area contributed by atoms with Crippen LogP contribution in [0, 0.1) is 0 Å². The summed E-state index contributed by atoms with van der Waals surface area (Å²) in [5, 5.41) is 0. The number of benzene rings is 1. The van der Waals surface area contributed by atoms with Crippen molar-refractivity contribution < 1.29 is 9.53 Å². The van der Waals surface area contributed by atoms with Gasteiger partial charge in [-0.1, -0.05) is 34.1 Å². The molecule has 96 valence electrons. The van der Waals surface area contributed by atoms with Gasteiger partial charge in [-0.2, -0.15) is 0 Å². The van der Waals surface area contributed by atoms with E-state index in [0.29, 0.717) is 11.4 Å². The molecule has 1 aromatic carbocycles. The lowest BCUT2D eigenvalue weighted by Crippen LogP contribution is -2.43. The van der Waals surface area contributed by atoms with Crippen LogP contribution >= 0.6 is 15.9 Å². The highest BCUT2D eigenvalue weighted by molar-refractivity contribution is 9.09. The molecule has 2 unspecified atom stereocenters. The average molecular weight is 310 g/mol. The van der Waals surface area contributed by atoms with Crippen LogP contribution in [0.5, 0.6) is 5.75 Å². The van der Waals surface area contributed by atoms with E-state index in [2.05, 4.69) is 15.9 Å². The van der Waals surface area contributed by atoms with E-state index < -0.39 is 0 Å². The van der Waals surface area contributed by atoms with Gasteiger partial charge in [0.15, 0.2) is 0 Å². The molecule has 0 aliphatic carbocycles. The highest BCUT2D eigenvalue weighted by Crippen LogP contribution is 2.35. The number of likely N-dealkylation sites (tertiary alicyclic amines) is 1. The van der Waals surface area contributed by atoms with Crippen molar-refractivity contribution in [1.29, 1.82) is 0 Å². The maximum atomic E-state index is 12.5. The SMILES string of the molecule is O=C(C1COc2ccccc21)N1CCCC(Br)C1. The van der Waals surface area contributed by atoms with Crippen LogP contribution < -0.4 is 4.74 Å². The number of para-hydroxylation sites is 1. The molecule has 0 bridgehead atoms. The van der Waals surface area contributed by atoms with Crippen molar-refractivity contribution in [2.24, 2.45) is 0 Å². The number of amides is 1. The number of rotatable bonds is 1. The highest BCUT2D eigenvalue weighted by Gasteiger charge is 2.34. The fourth-order valence-electron chi connectivity index (χ4n) is 2.71. The van der Waals surface area contributed by atoms with Crippen LogP contribution in [-0.2, 0) is 4.79 Å². The number of ether oxygens (including phenoxy) is 1. The summed E-state index contributed by atoms with van der Waals surface area (Å²) in [6, 6.07) is 7.85. The van der Waals surface area contributed by atoms with E-state index in [9.17, 15) is 4.79 Å². The van der Waals surface area contributed by atoms with Gasteiger partial charge in [-0.15, -0.1) is 0 Å². The van der Waals surface area contributed by atoms with Crippen molar-refractivity contribution in [3.63, 3.8) is 0 Å². The Morgan fingerprint density at radius 2 is 2.22 bits per heavy atom. The van der Waals surface area contributed by atoms with E-state index >= 15 is 0 Å². The summed E-state index contributed by atoms with van der Waals surface area (Å²) in [6.07, 6.45) is 2.23. The number of carbonyl (C=O) groups excluding carboxylic acids is 1. The second-order valence-corrected chi connectivity index (χ2v) is 6.22. The van der Waals surface area contributed by atoms with Gasteiger partial charge in [-0.25, -0.2) is 0 Å². The first-order valence-electron chi connectivity index (χ1n) is 6.40. The quantitative estimate of drug-likeness (QED) is 0.746. The maximum Gasteiger partial charge on any atom is 0.233 e. The van der Waals surface area contributed by atoms with E-state index in [1.165, 1.54) is 0 Å². The number of hydrogen-bond acceptors (Lipinski definition) is 2. The van der Waals surface area contributed by atoms with E-state index in [0.717, 1.165) is 37.2 Å². The van der Waals surface area contributed by atoms with E-state index in [1.54, 1.807) is 0 Å². The fourth-order valence-corrected chi connectivity index (χ4v) is 3.39. The molecule has 1 aromatic rings. The first-order chi connectivity index (χ1) is 8.75. The molecule has 18 heavy (non-hydrogen) atoms. The van der Waals surface area contributed by atoms with Crippen molar-refractivity contribution in [1.82, 2.24) is 4.90 Å². The lowest BCUT2D eigenvalue weighted by molar-refractivity contribution is -0.133. The lowest BCUT2D eigenvalue weighted by atomic mass is 9.98. The topological polar surface area (TPSA) is 29.5 Å². The van der Waals surface area contributed by atoms with Gasteiger partial charge in [0, 0.05) is 23.5 Å². The summed E-state index contributed by atoms with van der Waals surface area (Å²) in [4.78, 5) is 14.9. The molecule has 0 radical (unpaired) electrons. The summed E-state index contributed by atoms with van der Waals surface area (Å²) in [5.41, 5.74) is 1.04. The third-order valence-corrected chi connectivity index (χ3v) is 4.42. The molecule has 1 fully saturated rings. The number of fused-ring (bicyclic) bond motifs is 1. The Balaban J connectivity index is 1.78. The number of piperidine rings is 1. The van der Waals surface area contributed by atoms with E-state index in [-0.39, 0.29) is 11.8 Å². The van der Waals surface area contributed by atoms with Crippen LogP contribution in [0.1, 0.15) is 24.3 Å². The molecule has 0 aromatic heterocycles. The van der Waals surface area contributed by atoms with Gasteiger partial charge in [-0.05, 0) is 18.9 Å². The zero-order valence-electron chi connectivity index (χ0n) is 10.1. The van der Waals surface area contributed by atoms with Crippen LogP contribution in [0.15, 0.2) is 24.3 Å². The molecule has 0 spiro atoms. The molecule has 0 saturated carbocycles. The summed E-state index contributed by atoms with van der Waals surface area (Å²) in [5.74, 6) is 0.964. The second kappa shape index (κ2) is 4.92. The normalized spacial score (nSPS) is 26.6. The number of alkyl halides is 1. The fraction of sp³-hybridized carbons (Fsp3) is 0.500. The molecule has 2 aliphatic heterocycles. The van der Waals surface area contributed by atoms with Crippen LogP contribution in [0.25, 0.3) is 0 Å². The Hall–Kier alpha value is -1.03. The Bertz CT molecular complexity index is 463. The van der Waals surface area contributed by atoms with Gasteiger partial charge in [-0.3, -0.25) is 4.79 Å². The monoisotopic (exact) mass is 309 g/mol. The average Bonchev–Trinajstić information content (AvgIpc) is 2.82. The van der Waals surface area contributed by atoms with Crippen LogP contribution in [-0.4, -0.2) is 35.3 Å². The molecule has 1 amide bonds. The molecule has 2 heterocycles. The molecule has 0 N–H and O–H groups in total. The van der Waals surface area contributed by atoms with Crippen LogP contribution in [0.3, 0.4) is 0 Å². The largest absolute Gasteiger partial charge is 0.492 e. The third-order valence-electron chi connectivity index (χ3n) is 3.67. The second-order valence-electron chi connectivity index (χ2n) is 4.93. The van der Waals surface area contributed by atoms with E-state index in [4.69, 9.17) is 4.74 Å². The standard InChI is InChI=1S/C14H16BrNO2/c15-10-4-3-7-16(8-10)14(17)12-9-18-13-6-2-1-5-11(12)13/h1-2,5-6,10,12H,3-4,7-9H2. The minimum atomic E-state index is -0.112. The van der Waals surface area contributed by atoms with Crippen LogP contribution in [0.4, 0.5) is 0 Å². The number of halogens is 1. The molecule has 2 aliphatic rings. The number of hydrogen-bond donors (Lipinski definition) is 0. The van der Waals surface area contributed by atoms with Crippen molar-refractivity contribution >= 4 is 21.8 Å². The van der Waals surface area contributed by atoms with Gasteiger partial charge in [0.2, 0.25) is 5.91 Å². The summed E-state index contributed by atoms with van der Waals surface area (Å²) in [6.45, 7) is 2.18. The predicted molar refractivity (Wildman–Crippen MR) is 73.2 cm³/mol. The lowest BCUT2D eigenvalue weighted by Gasteiger charge is -2.31. The van der Waals surface area contributed by atoms with E-state index in [1.807, 2.05) is 29.2 Å². The van der Waals surface area contributed by atoms with Crippen molar-refractivity contribution in [2.45, 2.75) is 23.6 Å². The summed E-state index contributed by atoms with van der Waals surface area (Å²) in [7, 11) is 0. The highest BCUT2D eigenvalue weighted by atomic mass is 79.9. The molecule has 1 saturated heterocycles. The first-order valence-corrected chi connectivity index (χ1v) is 7.32. The minimum absolute atomic E-state index is 0.112. The third kappa shape index (κ3) is 2.14. The zero-order chi connectivity index (χ0) is 12.5. The molecular formula is C14H16BrNO2. The van der Waals surface area contributed by atoms with Gasteiger partial charge < -0.3 is 9.64 Å². The summed E-state index contributed by atoms with van der Waals surface area (Å²) < 4.78 is 5.59. The molecule has 2 atom stereocenters. The van der Waals surface area contributed by atoms with Gasteiger partial charge in [0.1, 0.15) is 18.3 Å². The predicted octanol–water partition coefficient (Wildman–Crippen LogP) is 2.55. The van der Waals surface area contributed by atoms with Crippen molar-refractivity contribution in [2.75, 3.05) is 19.7 Å². The molecule has 3 rings (SSSR count). The van der Waals surface area contributed by atoms with Crippen molar-refractivity contribution in [3.05, 3.63) is 29.8 Å². The van der Waals surface area contributed by atoms with Gasteiger partial charge >= 0.3 is 0 Å². The maximum absolute atomic E-state index is 12.5. The Kier molecular flexibility index (Phi) is 3.29. The van der Waals surface area contributed by atoms with Gasteiger partial charge in [0.25, 0.3) is 0 Å².